The number of hydrogen-bond donors (Lipinski definition) is 1. The topological polar surface area (TPSA) is 61.1 Å². The van der Waals surface area contributed by atoms with E-state index < -0.39 is 0 Å². The molecule has 1 rings (SSSR count). The third-order valence-electron chi connectivity index (χ3n) is 1.56. The largest absolute Gasteiger partial charge is 0.483 e. The standard InChI is InChI=1S/C6H9N.CH2O2/c1-5-2-6(3-5)4-7;2-1-3/h5-6H,2-3H2,1H3;1H,(H,2,3). The van der Waals surface area contributed by atoms with Gasteiger partial charge in [0, 0.05) is 5.92 Å². The van der Waals surface area contributed by atoms with Crippen LogP contribution in [0.5, 0.6) is 0 Å². The molecule has 0 aromatic rings. The molecule has 1 aliphatic carbocycles. The molecule has 10 heavy (non-hydrogen) atoms. The summed E-state index contributed by atoms with van der Waals surface area (Å²) in [5.74, 6) is 1.22. The number of rotatable bonds is 0. The molecule has 0 atom stereocenters. The zero-order valence-corrected chi connectivity index (χ0v) is 5.95. The Morgan fingerprint density at radius 1 is 1.70 bits per heavy atom. The van der Waals surface area contributed by atoms with Crippen molar-refractivity contribution in [1.82, 2.24) is 0 Å². The van der Waals surface area contributed by atoms with Crippen molar-refractivity contribution in [3.63, 3.8) is 0 Å². The van der Waals surface area contributed by atoms with Gasteiger partial charge in [0.05, 0.1) is 6.07 Å². The predicted octanol–water partition coefficient (Wildman–Crippen LogP) is 1.26. The molecule has 0 unspecified atom stereocenters. The summed E-state index contributed by atoms with van der Waals surface area (Å²) in [5.41, 5.74) is 0. The van der Waals surface area contributed by atoms with Gasteiger partial charge in [0.15, 0.2) is 0 Å². The van der Waals surface area contributed by atoms with Gasteiger partial charge >= 0.3 is 0 Å². The van der Waals surface area contributed by atoms with Gasteiger partial charge in [-0.3, -0.25) is 4.79 Å². The molecule has 0 bridgehead atoms. The minimum atomic E-state index is -0.250. The van der Waals surface area contributed by atoms with Crippen LogP contribution in [-0.2, 0) is 4.79 Å². The first-order valence-electron chi connectivity index (χ1n) is 3.22. The number of carbonyl (C=O) groups is 1. The Morgan fingerprint density at radius 2 is 2.10 bits per heavy atom. The Kier molecular flexibility index (Phi) is 4.30. The average Bonchev–Trinajstić information content (AvgIpc) is 1.83. The molecular weight excluding hydrogens is 130 g/mol. The van der Waals surface area contributed by atoms with Gasteiger partial charge in [-0.2, -0.15) is 5.26 Å². The molecule has 1 fully saturated rings. The second-order valence-corrected chi connectivity index (χ2v) is 2.51. The average molecular weight is 141 g/mol. The van der Waals surface area contributed by atoms with Crippen LogP contribution in [-0.4, -0.2) is 11.6 Å². The number of carboxylic acid groups (broad SMARTS) is 1. The number of nitrogens with zero attached hydrogens (tertiary/aromatic N) is 1. The lowest BCUT2D eigenvalue weighted by atomic mass is 9.77. The second kappa shape index (κ2) is 4.80. The molecule has 1 aliphatic rings. The smallest absolute Gasteiger partial charge is 0.290 e. The molecule has 0 aliphatic heterocycles. The van der Waals surface area contributed by atoms with E-state index in [4.69, 9.17) is 15.2 Å². The first-order chi connectivity index (χ1) is 4.74. The van der Waals surface area contributed by atoms with Crippen LogP contribution in [0.2, 0.25) is 0 Å². The molecule has 0 radical (unpaired) electrons. The molecule has 0 saturated heterocycles. The molecular formula is C7H11NO2. The fourth-order valence-corrected chi connectivity index (χ4v) is 1.01. The van der Waals surface area contributed by atoms with E-state index in [1.165, 1.54) is 0 Å². The molecule has 0 amide bonds. The quantitative estimate of drug-likeness (QED) is 0.516. The monoisotopic (exact) mass is 141 g/mol. The predicted molar refractivity (Wildman–Crippen MR) is 36.2 cm³/mol. The highest BCUT2D eigenvalue weighted by Crippen LogP contribution is 2.31. The third kappa shape index (κ3) is 3.08. The SMILES string of the molecule is CC1CC(C#N)C1.O=CO. The lowest BCUT2D eigenvalue weighted by Crippen LogP contribution is -2.18. The van der Waals surface area contributed by atoms with Gasteiger partial charge in [0.2, 0.25) is 0 Å². The van der Waals surface area contributed by atoms with E-state index in [-0.39, 0.29) is 6.47 Å². The molecule has 1 saturated carbocycles. The fraction of sp³-hybridized carbons (Fsp3) is 0.714. The Hall–Kier alpha value is -1.04. The maximum absolute atomic E-state index is 8.36. The van der Waals surface area contributed by atoms with E-state index in [2.05, 4.69) is 13.0 Å². The maximum Gasteiger partial charge on any atom is 0.290 e. The summed E-state index contributed by atoms with van der Waals surface area (Å²) in [6.45, 7) is 1.94. The highest BCUT2D eigenvalue weighted by molar-refractivity contribution is 5.32. The van der Waals surface area contributed by atoms with E-state index in [0.717, 1.165) is 18.8 Å². The van der Waals surface area contributed by atoms with Gasteiger partial charge in [0.25, 0.3) is 6.47 Å². The summed E-state index contributed by atoms with van der Waals surface area (Å²) < 4.78 is 0. The number of nitriles is 1. The van der Waals surface area contributed by atoms with E-state index in [0.29, 0.717) is 5.92 Å². The Bertz CT molecular complexity index is 133. The minimum Gasteiger partial charge on any atom is -0.483 e. The Morgan fingerprint density at radius 3 is 2.20 bits per heavy atom. The van der Waals surface area contributed by atoms with Crippen molar-refractivity contribution >= 4 is 6.47 Å². The van der Waals surface area contributed by atoms with E-state index >= 15 is 0 Å². The Labute approximate surface area is 60.3 Å². The molecule has 3 heteroatoms. The van der Waals surface area contributed by atoms with Crippen molar-refractivity contribution in [3.05, 3.63) is 0 Å². The normalized spacial score (nSPS) is 28.4. The molecule has 0 aromatic carbocycles. The molecule has 0 spiro atoms. The van der Waals surface area contributed by atoms with Gasteiger partial charge in [-0.05, 0) is 18.8 Å². The molecule has 56 valence electrons. The fourth-order valence-electron chi connectivity index (χ4n) is 1.01. The van der Waals surface area contributed by atoms with Gasteiger partial charge in [-0.25, -0.2) is 0 Å². The summed E-state index contributed by atoms with van der Waals surface area (Å²) in [5, 5.41) is 15.1. The van der Waals surface area contributed by atoms with Crippen LogP contribution in [0.25, 0.3) is 0 Å². The third-order valence-corrected chi connectivity index (χ3v) is 1.56. The van der Waals surface area contributed by atoms with Crippen molar-refractivity contribution in [3.8, 4) is 6.07 Å². The van der Waals surface area contributed by atoms with Crippen molar-refractivity contribution in [2.24, 2.45) is 11.8 Å². The lowest BCUT2D eigenvalue weighted by Gasteiger charge is -2.26. The van der Waals surface area contributed by atoms with Gasteiger partial charge in [-0.1, -0.05) is 6.92 Å². The van der Waals surface area contributed by atoms with Crippen LogP contribution >= 0.6 is 0 Å². The van der Waals surface area contributed by atoms with E-state index in [1.54, 1.807) is 0 Å². The molecule has 0 aromatic heterocycles. The van der Waals surface area contributed by atoms with Crippen LogP contribution < -0.4 is 0 Å². The first-order valence-corrected chi connectivity index (χ1v) is 3.22. The second-order valence-electron chi connectivity index (χ2n) is 2.51. The summed E-state index contributed by atoms with van der Waals surface area (Å²) in [6, 6.07) is 2.23. The molecule has 3 nitrogen and oxygen atoms in total. The van der Waals surface area contributed by atoms with Crippen molar-refractivity contribution in [2.45, 2.75) is 19.8 Å². The van der Waals surface area contributed by atoms with Gasteiger partial charge in [0.1, 0.15) is 0 Å². The van der Waals surface area contributed by atoms with Crippen LogP contribution in [0, 0.1) is 23.2 Å². The summed E-state index contributed by atoms with van der Waals surface area (Å²) >= 11 is 0. The summed E-state index contributed by atoms with van der Waals surface area (Å²) in [4.78, 5) is 8.36. The van der Waals surface area contributed by atoms with Crippen molar-refractivity contribution < 1.29 is 9.90 Å². The van der Waals surface area contributed by atoms with Crippen LogP contribution in [0.4, 0.5) is 0 Å². The van der Waals surface area contributed by atoms with E-state index in [9.17, 15) is 0 Å². The highest BCUT2D eigenvalue weighted by Gasteiger charge is 2.24. The van der Waals surface area contributed by atoms with Gasteiger partial charge < -0.3 is 5.11 Å². The van der Waals surface area contributed by atoms with Crippen molar-refractivity contribution in [1.29, 1.82) is 5.26 Å². The van der Waals surface area contributed by atoms with Crippen LogP contribution in [0.3, 0.4) is 0 Å². The van der Waals surface area contributed by atoms with Crippen LogP contribution in [0.15, 0.2) is 0 Å². The van der Waals surface area contributed by atoms with Gasteiger partial charge in [-0.15, -0.1) is 0 Å². The minimum absolute atomic E-state index is 0.250. The zero-order chi connectivity index (χ0) is 7.98. The summed E-state index contributed by atoms with van der Waals surface area (Å²) in [6.07, 6.45) is 2.27. The highest BCUT2D eigenvalue weighted by atomic mass is 16.3. The summed E-state index contributed by atoms with van der Waals surface area (Å²) in [7, 11) is 0. The Balaban J connectivity index is 0.000000236. The number of hydrogen-bond acceptors (Lipinski definition) is 2. The zero-order valence-electron chi connectivity index (χ0n) is 5.95. The molecule has 1 N–H and O–H groups in total. The first kappa shape index (κ1) is 8.96. The van der Waals surface area contributed by atoms with Crippen molar-refractivity contribution in [2.75, 3.05) is 0 Å². The lowest BCUT2D eigenvalue weighted by molar-refractivity contribution is -0.122. The molecule has 0 heterocycles. The van der Waals surface area contributed by atoms with E-state index in [1.807, 2.05) is 0 Å². The maximum atomic E-state index is 8.36. The van der Waals surface area contributed by atoms with Crippen LogP contribution in [0.1, 0.15) is 19.8 Å².